The quantitative estimate of drug-likeness (QED) is 0.923. The molecule has 3 rings (SSSR count). The minimum Gasteiger partial charge on any atom is -0.356 e. The predicted molar refractivity (Wildman–Crippen MR) is 71.5 cm³/mol. The topological polar surface area (TPSA) is 52.0 Å². The molecule has 94 valence electrons. The first-order valence-corrected chi connectivity index (χ1v) is 6.54. The molecule has 1 aromatic heterocycles. The summed E-state index contributed by atoms with van der Waals surface area (Å²) in [6, 6.07) is 9.57. The average Bonchev–Trinajstić information content (AvgIpc) is 2.79. The Morgan fingerprint density at radius 1 is 1.28 bits per heavy atom. The van der Waals surface area contributed by atoms with E-state index in [1.54, 1.807) is 0 Å². The number of aromatic nitrogens is 1. The first kappa shape index (κ1) is 11.8. The molecule has 0 spiro atoms. The fraction of sp³-hybridized carbons (Fsp3) is 0.357. The van der Waals surface area contributed by atoms with Gasteiger partial charge < -0.3 is 10.3 Å². The molecule has 1 fully saturated rings. The van der Waals surface area contributed by atoms with E-state index in [1.807, 2.05) is 30.3 Å². The molecule has 1 heterocycles. The Morgan fingerprint density at radius 3 is 2.56 bits per heavy atom. The highest BCUT2D eigenvalue weighted by Crippen LogP contribution is 2.43. The molecular weight excluding hydrogens is 248 g/mol. The molecule has 0 unspecified atom stereocenters. The van der Waals surface area contributed by atoms with Gasteiger partial charge in [-0.2, -0.15) is 0 Å². The summed E-state index contributed by atoms with van der Waals surface area (Å²) < 4.78 is 5.43. The van der Waals surface area contributed by atoms with Gasteiger partial charge in [0, 0.05) is 28.6 Å². The summed E-state index contributed by atoms with van der Waals surface area (Å²) >= 11 is 5.87. The summed E-state index contributed by atoms with van der Waals surface area (Å²) in [5.74, 6) is 0.779. The van der Waals surface area contributed by atoms with Crippen LogP contribution >= 0.6 is 11.6 Å². The van der Waals surface area contributed by atoms with Crippen LogP contribution in [0.25, 0.3) is 11.3 Å². The number of rotatable bonds is 3. The summed E-state index contributed by atoms with van der Waals surface area (Å²) in [4.78, 5) is 0. The molecule has 1 saturated carbocycles. The van der Waals surface area contributed by atoms with Crippen LogP contribution in [-0.2, 0) is 5.41 Å². The summed E-state index contributed by atoms with van der Waals surface area (Å²) in [5, 5.41) is 4.91. The lowest BCUT2D eigenvalue weighted by atomic mass is 9.66. The molecule has 0 radical (unpaired) electrons. The fourth-order valence-electron chi connectivity index (χ4n) is 2.44. The van der Waals surface area contributed by atoms with E-state index in [0.29, 0.717) is 6.54 Å². The Balaban J connectivity index is 1.91. The molecule has 0 atom stereocenters. The van der Waals surface area contributed by atoms with Gasteiger partial charge in [-0.05, 0) is 37.1 Å². The highest BCUT2D eigenvalue weighted by molar-refractivity contribution is 6.30. The summed E-state index contributed by atoms with van der Waals surface area (Å²) in [7, 11) is 0. The molecule has 2 N–H and O–H groups in total. The summed E-state index contributed by atoms with van der Waals surface area (Å²) in [6.07, 6.45) is 3.44. The van der Waals surface area contributed by atoms with Crippen LogP contribution in [0, 0.1) is 0 Å². The normalized spacial score (nSPS) is 17.4. The van der Waals surface area contributed by atoms with Crippen LogP contribution in [-0.4, -0.2) is 11.7 Å². The van der Waals surface area contributed by atoms with E-state index in [4.69, 9.17) is 21.9 Å². The average molecular weight is 263 g/mol. The maximum Gasteiger partial charge on any atom is 0.167 e. The van der Waals surface area contributed by atoms with Crippen molar-refractivity contribution in [2.24, 2.45) is 5.73 Å². The van der Waals surface area contributed by atoms with Gasteiger partial charge in [-0.15, -0.1) is 0 Å². The van der Waals surface area contributed by atoms with Crippen molar-refractivity contribution in [1.82, 2.24) is 5.16 Å². The SMILES string of the molecule is NCC1(c2cc(-c3ccc(Cl)cc3)on2)CCC1. The standard InChI is InChI=1S/C14H15ClN2O/c15-11-4-2-10(3-5-11)12-8-13(17-18-12)14(9-16)6-1-7-14/h2-5,8H,1,6-7,9,16H2. The van der Waals surface area contributed by atoms with Crippen LogP contribution in [0.1, 0.15) is 25.0 Å². The van der Waals surface area contributed by atoms with Gasteiger partial charge in [0.2, 0.25) is 0 Å². The van der Waals surface area contributed by atoms with E-state index in [1.165, 1.54) is 6.42 Å². The van der Waals surface area contributed by atoms with Gasteiger partial charge in [0.15, 0.2) is 5.76 Å². The van der Waals surface area contributed by atoms with Crippen molar-refractivity contribution in [3.63, 3.8) is 0 Å². The van der Waals surface area contributed by atoms with E-state index in [2.05, 4.69) is 5.16 Å². The number of hydrogen-bond acceptors (Lipinski definition) is 3. The highest BCUT2D eigenvalue weighted by atomic mass is 35.5. The van der Waals surface area contributed by atoms with Gasteiger partial charge in [0.25, 0.3) is 0 Å². The number of nitrogens with two attached hydrogens (primary N) is 1. The lowest BCUT2D eigenvalue weighted by Gasteiger charge is -2.38. The second-order valence-electron chi connectivity index (χ2n) is 4.92. The lowest BCUT2D eigenvalue weighted by Crippen LogP contribution is -2.41. The largest absolute Gasteiger partial charge is 0.356 e. The van der Waals surface area contributed by atoms with Crippen molar-refractivity contribution >= 4 is 11.6 Å². The number of halogens is 1. The summed E-state index contributed by atoms with van der Waals surface area (Å²) in [6.45, 7) is 0.638. The van der Waals surface area contributed by atoms with Crippen molar-refractivity contribution in [1.29, 1.82) is 0 Å². The summed E-state index contributed by atoms with van der Waals surface area (Å²) in [5.41, 5.74) is 7.90. The van der Waals surface area contributed by atoms with E-state index >= 15 is 0 Å². The van der Waals surface area contributed by atoms with Gasteiger partial charge in [0.05, 0.1) is 5.69 Å². The van der Waals surface area contributed by atoms with Crippen molar-refractivity contribution in [2.75, 3.05) is 6.54 Å². The van der Waals surface area contributed by atoms with E-state index < -0.39 is 0 Å². The van der Waals surface area contributed by atoms with Crippen LogP contribution < -0.4 is 5.73 Å². The molecule has 1 aliphatic carbocycles. The van der Waals surface area contributed by atoms with E-state index in [9.17, 15) is 0 Å². The number of hydrogen-bond donors (Lipinski definition) is 1. The van der Waals surface area contributed by atoms with Crippen LogP contribution in [0.3, 0.4) is 0 Å². The number of nitrogens with zero attached hydrogens (tertiary/aromatic N) is 1. The van der Waals surface area contributed by atoms with Crippen LogP contribution in [0.2, 0.25) is 5.02 Å². The van der Waals surface area contributed by atoms with Crippen LogP contribution in [0.5, 0.6) is 0 Å². The minimum absolute atomic E-state index is 0.0498. The van der Waals surface area contributed by atoms with Crippen LogP contribution in [0.4, 0.5) is 0 Å². The van der Waals surface area contributed by atoms with E-state index in [-0.39, 0.29) is 5.41 Å². The predicted octanol–water partition coefficient (Wildman–Crippen LogP) is 3.38. The first-order valence-electron chi connectivity index (χ1n) is 6.17. The third-order valence-electron chi connectivity index (χ3n) is 3.88. The van der Waals surface area contributed by atoms with E-state index in [0.717, 1.165) is 34.9 Å². The second-order valence-corrected chi connectivity index (χ2v) is 5.36. The number of benzene rings is 1. The molecule has 1 aliphatic rings. The Bertz CT molecular complexity index is 538. The Morgan fingerprint density at radius 2 is 2.00 bits per heavy atom. The van der Waals surface area contributed by atoms with Crippen molar-refractivity contribution < 1.29 is 4.52 Å². The zero-order chi connectivity index (χ0) is 12.6. The fourth-order valence-corrected chi connectivity index (χ4v) is 2.57. The van der Waals surface area contributed by atoms with Crippen molar-refractivity contribution in [3.05, 3.63) is 41.0 Å². The maximum atomic E-state index is 5.87. The second kappa shape index (κ2) is 4.41. The molecule has 4 heteroatoms. The molecule has 0 saturated heterocycles. The molecule has 3 nitrogen and oxygen atoms in total. The third kappa shape index (κ3) is 1.84. The highest BCUT2D eigenvalue weighted by Gasteiger charge is 2.40. The Hall–Kier alpha value is -1.32. The molecule has 1 aromatic carbocycles. The molecule has 18 heavy (non-hydrogen) atoms. The molecule has 2 aromatic rings. The van der Waals surface area contributed by atoms with Gasteiger partial charge in [-0.25, -0.2) is 0 Å². The molecule has 0 aliphatic heterocycles. The van der Waals surface area contributed by atoms with Gasteiger partial charge in [0.1, 0.15) is 0 Å². The molecular formula is C14H15ClN2O. The molecule has 0 amide bonds. The van der Waals surface area contributed by atoms with Gasteiger partial charge in [-0.1, -0.05) is 23.2 Å². The van der Waals surface area contributed by atoms with Gasteiger partial charge in [-0.3, -0.25) is 0 Å². The zero-order valence-electron chi connectivity index (χ0n) is 10.0. The Labute approximate surface area is 111 Å². The van der Waals surface area contributed by atoms with Gasteiger partial charge >= 0.3 is 0 Å². The van der Waals surface area contributed by atoms with Crippen LogP contribution in [0.15, 0.2) is 34.9 Å². The maximum absolute atomic E-state index is 5.87. The lowest BCUT2D eigenvalue weighted by molar-refractivity contribution is 0.234. The minimum atomic E-state index is 0.0498. The van der Waals surface area contributed by atoms with Crippen molar-refractivity contribution in [2.45, 2.75) is 24.7 Å². The Kier molecular flexibility index (Phi) is 2.88. The van der Waals surface area contributed by atoms with Crippen molar-refractivity contribution in [3.8, 4) is 11.3 Å². The molecule has 0 bridgehead atoms. The zero-order valence-corrected chi connectivity index (χ0v) is 10.8. The first-order chi connectivity index (χ1) is 8.73. The smallest absolute Gasteiger partial charge is 0.167 e. The third-order valence-corrected chi connectivity index (χ3v) is 4.14. The monoisotopic (exact) mass is 262 g/mol.